The van der Waals surface area contributed by atoms with Gasteiger partial charge < -0.3 is 14.4 Å². The van der Waals surface area contributed by atoms with Crippen LogP contribution >= 0.6 is 11.3 Å². The number of thiazole rings is 1. The molecule has 1 aliphatic rings. The number of aromatic nitrogens is 2. The summed E-state index contributed by atoms with van der Waals surface area (Å²) in [5.74, 6) is 1.39. The topological polar surface area (TPSA) is 64.6 Å². The van der Waals surface area contributed by atoms with Crippen molar-refractivity contribution in [2.45, 2.75) is 13.0 Å². The van der Waals surface area contributed by atoms with E-state index in [1.807, 2.05) is 72.1 Å². The van der Waals surface area contributed by atoms with Gasteiger partial charge in [0.1, 0.15) is 23.1 Å². The molecule has 0 spiro atoms. The maximum Gasteiger partial charge on any atom is 0.267 e. The highest BCUT2D eigenvalue weighted by molar-refractivity contribution is 7.13. The number of carbonyl (C=O) groups excluding carboxylic acids is 1. The molecule has 6 rings (SSSR count). The lowest BCUT2D eigenvalue weighted by Gasteiger charge is -2.33. The molecular weight excluding hydrogens is 470 g/mol. The van der Waals surface area contributed by atoms with Crippen LogP contribution in [0.5, 0.6) is 11.5 Å². The van der Waals surface area contributed by atoms with Gasteiger partial charge in [0.15, 0.2) is 6.10 Å². The monoisotopic (exact) mass is 493 g/mol. The molecule has 0 saturated heterocycles. The van der Waals surface area contributed by atoms with Crippen molar-refractivity contribution in [3.8, 4) is 33.5 Å². The normalized spacial score (nSPS) is 15.0. The summed E-state index contributed by atoms with van der Waals surface area (Å²) < 4.78 is 12.0. The second kappa shape index (κ2) is 9.43. The Morgan fingerprint density at radius 1 is 1.00 bits per heavy atom. The Morgan fingerprint density at radius 3 is 2.75 bits per heavy atom. The first-order valence-corrected chi connectivity index (χ1v) is 12.7. The van der Waals surface area contributed by atoms with E-state index in [1.165, 1.54) is 0 Å². The molecular formula is C29H23N3O3S. The van der Waals surface area contributed by atoms with E-state index in [0.29, 0.717) is 18.9 Å². The van der Waals surface area contributed by atoms with Crippen molar-refractivity contribution in [2.24, 2.45) is 0 Å². The van der Waals surface area contributed by atoms with Crippen molar-refractivity contribution < 1.29 is 14.3 Å². The molecule has 1 aliphatic heterocycles. The van der Waals surface area contributed by atoms with Gasteiger partial charge in [0.25, 0.3) is 5.91 Å². The SMILES string of the molecule is CC1Oc2ccc(-c3csc(-c4ccccn4)n3)cc2N(CCOc2cccc3ccccc23)C1=O. The molecule has 0 fully saturated rings. The second-order valence-electron chi connectivity index (χ2n) is 8.51. The lowest BCUT2D eigenvalue weighted by molar-refractivity contribution is -0.125. The van der Waals surface area contributed by atoms with E-state index < -0.39 is 6.10 Å². The molecule has 0 saturated carbocycles. The summed E-state index contributed by atoms with van der Waals surface area (Å²) in [6, 6.07) is 25.7. The van der Waals surface area contributed by atoms with Crippen molar-refractivity contribution in [2.75, 3.05) is 18.1 Å². The minimum atomic E-state index is -0.559. The number of amides is 1. The van der Waals surface area contributed by atoms with Crippen LogP contribution in [0, 0.1) is 0 Å². The highest BCUT2D eigenvalue weighted by Crippen LogP contribution is 2.38. The van der Waals surface area contributed by atoms with Crippen LogP contribution in [-0.2, 0) is 4.79 Å². The number of ether oxygens (including phenoxy) is 2. The van der Waals surface area contributed by atoms with Crippen LogP contribution in [0.2, 0.25) is 0 Å². The predicted octanol–water partition coefficient (Wildman–Crippen LogP) is 6.22. The van der Waals surface area contributed by atoms with Gasteiger partial charge in [-0.25, -0.2) is 4.98 Å². The lowest BCUT2D eigenvalue weighted by atomic mass is 10.1. The van der Waals surface area contributed by atoms with E-state index in [9.17, 15) is 4.79 Å². The summed E-state index contributed by atoms with van der Waals surface area (Å²) >= 11 is 1.54. The summed E-state index contributed by atoms with van der Waals surface area (Å²) in [6.07, 6.45) is 1.20. The standard InChI is InChI=1S/C29H23N3O3S/c1-19-29(33)32(15-16-34-26-11-6-8-20-7-2-3-9-22(20)26)25-17-21(12-13-27(25)35-19)24-18-36-28(31-24)23-10-4-5-14-30-23/h2-14,17-19H,15-16H2,1H3. The molecule has 2 aromatic heterocycles. The quantitative estimate of drug-likeness (QED) is 0.281. The van der Waals surface area contributed by atoms with Gasteiger partial charge >= 0.3 is 0 Å². The Labute approximate surface area is 212 Å². The van der Waals surface area contributed by atoms with Gasteiger partial charge in [0.05, 0.1) is 23.6 Å². The Bertz CT molecular complexity index is 1550. The summed E-state index contributed by atoms with van der Waals surface area (Å²) in [5, 5.41) is 5.03. The maximum atomic E-state index is 13.1. The van der Waals surface area contributed by atoms with E-state index in [-0.39, 0.29) is 5.91 Å². The third-order valence-corrected chi connectivity index (χ3v) is 7.04. The van der Waals surface area contributed by atoms with Crippen LogP contribution in [0.15, 0.2) is 90.4 Å². The number of fused-ring (bicyclic) bond motifs is 2. The lowest BCUT2D eigenvalue weighted by Crippen LogP contribution is -2.46. The zero-order valence-electron chi connectivity index (χ0n) is 19.6. The van der Waals surface area contributed by atoms with E-state index in [0.717, 1.165) is 44.2 Å². The zero-order valence-corrected chi connectivity index (χ0v) is 20.4. The van der Waals surface area contributed by atoms with E-state index in [4.69, 9.17) is 14.5 Å². The number of anilines is 1. The van der Waals surface area contributed by atoms with Crippen LogP contribution in [0.25, 0.3) is 32.7 Å². The molecule has 0 radical (unpaired) electrons. The van der Waals surface area contributed by atoms with E-state index in [2.05, 4.69) is 17.1 Å². The van der Waals surface area contributed by atoms with Crippen LogP contribution in [0.1, 0.15) is 6.92 Å². The number of hydrogen-bond donors (Lipinski definition) is 0. The van der Waals surface area contributed by atoms with Gasteiger partial charge in [-0.05, 0) is 48.7 Å². The Morgan fingerprint density at radius 2 is 1.86 bits per heavy atom. The average molecular weight is 494 g/mol. The minimum absolute atomic E-state index is 0.0892. The molecule has 1 atom stereocenters. The maximum absolute atomic E-state index is 13.1. The summed E-state index contributed by atoms with van der Waals surface area (Å²) in [4.78, 5) is 24.0. The van der Waals surface area contributed by atoms with Gasteiger partial charge in [-0.2, -0.15) is 0 Å². The van der Waals surface area contributed by atoms with Crippen LogP contribution in [0.4, 0.5) is 5.69 Å². The Kier molecular flexibility index (Phi) is 5.83. The summed E-state index contributed by atoms with van der Waals surface area (Å²) in [6.45, 7) is 2.54. The molecule has 3 aromatic carbocycles. The summed E-state index contributed by atoms with van der Waals surface area (Å²) in [7, 11) is 0. The van der Waals surface area contributed by atoms with Gasteiger partial charge in [-0.15, -0.1) is 11.3 Å². The molecule has 1 unspecified atom stereocenters. The number of pyridine rings is 1. The van der Waals surface area contributed by atoms with Gasteiger partial charge in [-0.3, -0.25) is 9.78 Å². The first kappa shape index (κ1) is 22.2. The van der Waals surface area contributed by atoms with Crippen LogP contribution < -0.4 is 14.4 Å². The largest absolute Gasteiger partial charge is 0.491 e. The zero-order chi connectivity index (χ0) is 24.5. The number of nitrogens with zero attached hydrogens (tertiary/aromatic N) is 3. The Balaban J connectivity index is 1.26. The third kappa shape index (κ3) is 4.18. The molecule has 36 heavy (non-hydrogen) atoms. The Hall–Kier alpha value is -4.23. The molecule has 7 heteroatoms. The first-order valence-electron chi connectivity index (χ1n) is 11.8. The molecule has 5 aromatic rings. The fourth-order valence-corrected chi connectivity index (χ4v) is 5.18. The summed E-state index contributed by atoms with van der Waals surface area (Å²) in [5.41, 5.74) is 3.32. The minimum Gasteiger partial charge on any atom is -0.491 e. The number of benzene rings is 3. The number of hydrogen-bond acceptors (Lipinski definition) is 6. The van der Waals surface area contributed by atoms with E-state index in [1.54, 1.807) is 29.4 Å². The second-order valence-corrected chi connectivity index (χ2v) is 9.37. The third-order valence-electron chi connectivity index (χ3n) is 6.17. The molecule has 3 heterocycles. The fourth-order valence-electron chi connectivity index (χ4n) is 4.38. The fraction of sp³-hybridized carbons (Fsp3) is 0.138. The van der Waals surface area contributed by atoms with Crippen molar-refractivity contribution in [1.82, 2.24) is 9.97 Å². The van der Waals surface area contributed by atoms with Crippen LogP contribution in [0.3, 0.4) is 0 Å². The smallest absolute Gasteiger partial charge is 0.267 e. The molecule has 178 valence electrons. The van der Waals surface area contributed by atoms with Gasteiger partial charge in [0, 0.05) is 22.5 Å². The molecule has 0 bridgehead atoms. The number of rotatable bonds is 6. The highest BCUT2D eigenvalue weighted by Gasteiger charge is 2.32. The molecule has 0 aliphatic carbocycles. The van der Waals surface area contributed by atoms with Crippen molar-refractivity contribution in [3.63, 3.8) is 0 Å². The first-order chi connectivity index (χ1) is 17.7. The van der Waals surface area contributed by atoms with Crippen molar-refractivity contribution >= 4 is 33.7 Å². The van der Waals surface area contributed by atoms with Crippen molar-refractivity contribution in [1.29, 1.82) is 0 Å². The molecule has 6 nitrogen and oxygen atoms in total. The average Bonchev–Trinajstić information content (AvgIpc) is 3.42. The molecule has 0 N–H and O–H groups in total. The van der Waals surface area contributed by atoms with Gasteiger partial charge in [-0.1, -0.05) is 42.5 Å². The van der Waals surface area contributed by atoms with Crippen LogP contribution in [-0.4, -0.2) is 35.1 Å². The predicted molar refractivity (Wildman–Crippen MR) is 143 cm³/mol. The van der Waals surface area contributed by atoms with Crippen molar-refractivity contribution in [3.05, 3.63) is 90.4 Å². The highest BCUT2D eigenvalue weighted by atomic mass is 32.1. The van der Waals surface area contributed by atoms with E-state index >= 15 is 0 Å². The number of carbonyl (C=O) groups is 1. The van der Waals surface area contributed by atoms with Gasteiger partial charge in [0.2, 0.25) is 0 Å². The molecule has 1 amide bonds.